The van der Waals surface area contributed by atoms with Crippen LogP contribution in [0.4, 0.5) is 0 Å². The van der Waals surface area contributed by atoms with Crippen molar-refractivity contribution in [2.24, 2.45) is 0 Å². The van der Waals surface area contributed by atoms with Crippen molar-refractivity contribution in [3.05, 3.63) is 23.0 Å². The maximum atomic E-state index is 12.4. The predicted octanol–water partition coefficient (Wildman–Crippen LogP) is 1.99. The summed E-state index contributed by atoms with van der Waals surface area (Å²) in [5, 5.41) is 10.7. The van der Waals surface area contributed by atoms with Crippen molar-refractivity contribution in [1.82, 2.24) is 20.8 Å². The summed E-state index contributed by atoms with van der Waals surface area (Å²) in [6.45, 7) is 10.1. The van der Waals surface area contributed by atoms with Gasteiger partial charge in [-0.15, -0.1) is 0 Å². The first-order valence-electron chi connectivity index (χ1n) is 7.30. The van der Waals surface area contributed by atoms with Crippen molar-refractivity contribution in [2.75, 3.05) is 19.6 Å². The summed E-state index contributed by atoms with van der Waals surface area (Å²) in [4.78, 5) is 16.8. The highest BCUT2D eigenvalue weighted by Crippen LogP contribution is 2.24. The number of carbonyl (C=O) groups excluding carboxylic acids is 1. The molecule has 6 nitrogen and oxygen atoms in total. The highest BCUT2D eigenvalue weighted by Gasteiger charge is 2.19. The minimum Gasteiger partial charge on any atom is -0.351 e. The molecule has 2 aromatic rings. The second-order valence-electron chi connectivity index (χ2n) is 5.31. The number of likely N-dealkylation sites (N-methyl/N-ethyl adjacent to an activating group) is 1. The maximum Gasteiger partial charge on any atom is 0.259 e. The van der Waals surface area contributed by atoms with Crippen molar-refractivity contribution in [3.63, 3.8) is 0 Å². The average molecular weight is 290 g/mol. The molecule has 0 aliphatic rings. The Labute approximate surface area is 124 Å². The van der Waals surface area contributed by atoms with E-state index in [0.29, 0.717) is 28.9 Å². The number of pyridine rings is 1. The van der Waals surface area contributed by atoms with E-state index in [2.05, 4.69) is 20.8 Å². The zero-order chi connectivity index (χ0) is 15.4. The summed E-state index contributed by atoms with van der Waals surface area (Å²) >= 11 is 0. The number of hydrogen-bond donors (Lipinski definition) is 2. The van der Waals surface area contributed by atoms with Crippen LogP contribution in [0.3, 0.4) is 0 Å². The molecule has 0 aromatic carbocycles. The van der Waals surface area contributed by atoms with Crippen LogP contribution in [0, 0.1) is 6.92 Å². The third kappa shape index (κ3) is 3.39. The molecule has 1 amide bonds. The molecule has 2 rings (SSSR count). The molecule has 0 spiro atoms. The van der Waals surface area contributed by atoms with Gasteiger partial charge in [0.15, 0.2) is 0 Å². The summed E-state index contributed by atoms with van der Waals surface area (Å²) in [5.41, 5.74) is 2.52. The van der Waals surface area contributed by atoms with Crippen molar-refractivity contribution in [2.45, 2.75) is 33.6 Å². The molecule has 0 atom stereocenters. The van der Waals surface area contributed by atoms with Gasteiger partial charge in [0.05, 0.1) is 16.6 Å². The summed E-state index contributed by atoms with van der Waals surface area (Å²) in [7, 11) is 0. The van der Waals surface area contributed by atoms with E-state index in [1.807, 2.05) is 33.8 Å². The molecule has 0 radical (unpaired) electrons. The minimum atomic E-state index is -0.117. The van der Waals surface area contributed by atoms with E-state index in [1.54, 1.807) is 0 Å². The maximum absolute atomic E-state index is 12.4. The van der Waals surface area contributed by atoms with Gasteiger partial charge < -0.3 is 15.2 Å². The smallest absolute Gasteiger partial charge is 0.259 e. The number of aryl methyl sites for hydroxylation is 1. The SMILES string of the molecule is CCNCCNC(=O)c1cc(C(C)C)nc2onc(C)c12. The van der Waals surface area contributed by atoms with E-state index < -0.39 is 0 Å². The van der Waals surface area contributed by atoms with Crippen LogP contribution >= 0.6 is 0 Å². The fourth-order valence-electron chi connectivity index (χ4n) is 2.13. The Hall–Kier alpha value is -1.95. The van der Waals surface area contributed by atoms with Gasteiger partial charge in [-0.05, 0) is 25.5 Å². The number of fused-ring (bicyclic) bond motifs is 1. The monoisotopic (exact) mass is 290 g/mol. The first-order chi connectivity index (χ1) is 10.0. The first kappa shape index (κ1) is 15.4. The largest absolute Gasteiger partial charge is 0.351 e. The van der Waals surface area contributed by atoms with Crippen LogP contribution in [-0.2, 0) is 0 Å². The van der Waals surface area contributed by atoms with E-state index in [0.717, 1.165) is 18.8 Å². The number of amides is 1. The average Bonchev–Trinajstić information content (AvgIpc) is 2.84. The minimum absolute atomic E-state index is 0.117. The van der Waals surface area contributed by atoms with E-state index in [1.165, 1.54) is 0 Å². The summed E-state index contributed by atoms with van der Waals surface area (Å²) < 4.78 is 5.22. The Balaban J connectivity index is 2.31. The van der Waals surface area contributed by atoms with Crippen molar-refractivity contribution >= 4 is 17.0 Å². The molecule has 2 N–H and O–H groups in total. The van der Waals surface area contributed by atoms with Crippen LogP contribution in [0.1, 0.15) is 48.4 Å². The predicted molar refractivity (Wildman–Crippen MR) is 81.5 cm³/mol. The van der Waals surface area contributed by atoms with Crippen LogP contribution < -0.4 is 10.6 Å². The van der Waals surface area contributed by atoms with Gasteiger partial charge >= 0.3 is 0 Å². The Morgan fingerprint density at radius 3 is 2.81 bits per heavy atom. The Morgan fingerprint density at radius 1 is 1.38 bits per heavy atom. The van der Waals surface area contributed by atoms with Crippen LogP contribution in [0.2, 0.25) is 0 Å². The molecule has 0 saturated heterocycles. The molecule has 0 aliphatic heterocycles. The third-order valence-corrected chi connectivity index (χ3v) is 3.31. The van der Waals surface area contributed by atoms with Gasteiger partial charge in [-0.2, -0.15) is 0 Å². The zero-order valence-corrected chi connectivity index (χ0v) is 13.0. The number of rotatable bonds is 6. The zero-order valence-electron chi connectivity index (χ0n) is 13.0. The highest BCUT2D eigenvalue weighted by molar-refractivity contribution is 6.06. The Kier molecular flexibility index (Phi) is 4.90. The second-order valence-corrected chi connectivity index (χ2v) is 5.31. The number of carbonyl (C=O) groups is 1. The van der Waals surface area contributed by atoms with Crippen LogP contribution in [0.15, 0.2) is 10.6 Å². The normalized spacial score (nSPS) is 11.3. The summed E-state index contributed by atoms with van der Waals surface area (Å²) in [6.07, 6.45) is 0. The molecule has 6 heteroatoms. The number of nitrogens with one attached hydrogen (secondary N) is 2. The molecule has 0 fully saturated rings. The standard InChI is InChI=1S/C15H22N4O2/c1-5-16-6-7-17-14(20)11-8-12(9(2)3)18-15-13(11)10(4)19-21-15/h8-9,16H,5-7H2,1-4H3,(H,17,20). The second kappa shape index (κ2) is 6.67. The van der Waals surface area contributed by atoms with E-state index >= 15 is 0 Å². The lowest BCUT2D eigenvalue weighted by Crippen LogP contribution is -2.32. The van der Waals surface area contributed by atoms with Gasteiger partial charge in [0.25, 0.3) is 11.6 Å². The fourth-order valence-corrected chi connectivity index (χ4v) is 2.13. The molecule has 0 unspecified atom stereocenters. The van der Waals surface area contributed by atoms with Gasteiger partial charge in [-0.1, -0.05) is 25.9 Å². The molecule has 21 heavy (non-hydrogen) atoms. The molecular formula is C15H22N4O2. The van der Waals surface area contributed by atoms with E-state index in [-0.39, 0.29) is 11.8 Å². The van der Waals surface area contributed by atoms with Crippen molar-refractivity contribution < 1.29 is 9.32 Å². The van der Waals surface area contributed by atoms with Crippen LogP contribution in [0.5, 0.6) is 0 Å². The van der Waals surface area contributed by atoms with Crippen LogP contribution in [-0.4, -0.2) is 35.7 Å². The molecule has 2 aromatic heterocycles. The van der Waals surface area contributed by atoms with Gasteiger partial charge in [0.1, 0.15) is 0 Å². The third-order valence-electron chi connectivity index (χ3n) is 3.31. The number of nitrogens with zero attached hydrogens (tertiary/aromatic N) is 2. The van der Waals surface area contributed by atoms with Crippen molar-refractivity contribution in [1.29, 1.82) is 0 Å². The number of hydrogen-bond acceptors (Lipinski definition) is 5. The van der Waals surface area contributed by atoms with E-state index in [9.17, 15) is 4.79 Å². The lowest BCUT2D eigenvalue weighted by molar-refractivity contribution is 0.0955. The van der Waals surface area contributed by atoms with Gasteiger partial charge in [0.2, 0.25) is 0 Å². The molecule has 0 bridgehead atoms. The Morgan fingerprint density at radius 2 is 2.14 bits per heavy atom. The molecule has 0 saturated carbocycles. The molecular weight excluding hydrogens is 268 g/mol. The lowest BCUT2D eigenvalue weighted by Gasteiger charge is -2.09. The molecule has 2 heterocycles. The topological polar surface area (TPSA) is 80.0 Å². The quantitative estimate of drug-likeness (QED) is 0.795. The number of aromatic nitrogens is 2. The van der Waals surface area contributed by atoms with Crippen molar-refractivity contribution in [3.8, 4) is 0 Å². The fraction of sp³-hybridized carbons (Fsp3) is 0.533. The molecule has 0 aliphatic carbocycles. The van der Waals surface area contributed by atoms with Crippen LogP contribution in [0.25, 0.3) is 11.1 Å². The lowest BCUT2D eigenvalue weighted by atomic mass is 10.0. The van der Waals surface area contributed by atoms with Gasteiger partial charge in [-0.25, -0.2) is 4.98 Å². The van der Waals surface area contributed by atoms with Gasteiger partial charge in [-0.3, -0.25) is 4.79 Å². The first-order valence-corrected chi connectivity index (χ1v) is 7.30. The van der Waals surface area contributed by atoms with Gasteiger partial charge in [0, 0.05) is 18.8 Å². The Bertz CT molecular complexity index is 634. The summed E-state index contributed by atoms with van der Waals surface area (Å²) in [6, 6.07) is 1.83. The van der Waals surface area contributed by atoms with E-state index in [4.69, 9.17) is 4.52 Å². The molecule has 114 valence electrons. The summed E-state index contributed by atoms with van der Waals surface area (Å²) in [5.74, 6) is 0.0987. The highest BCUT2D eigenvalue weighted by atomic mass is 16.5.